The molecule has 3 N–H and O–H groups in total. The van der Waals surface area contributed by atoms with Crippen LogP contribution in [0.5, 0.6) is 0 Å². The molecular formula is C33H44O11. The molecule has 0 amide bonds. The van der Waals surface area contributed by atoms with Gasteiger partial charge in [0, 0.05) is 35.5 Å². The lowest BCUT2D eigenvalue weighted by atomic mass is 9.33. The van der Waals surface area contributed by atoms with E-state index in [9.17, 15) is 29.7 Å². The third-order valence-electron chi connectivity index (χ3n) is 13.4. The van der Waals surface area contributed by atoms with Gasteiger partial charge in [-0.25, -0.2) is 0 Å². The number of carbonyl (C=O) groups is 3. The van der Waals surface area contributed by atoms with E-state index in [4.69, 9.17) is 23.4 Å². The average Bonchev–Trinajstić information content (AvgIpc) is 3.34. The molecule has 11 nitrogen and oxygen atoms in total. The number of epoxide rings is 1. The van der Waals surface area contributed by atoms with E-state index >= 15 is 0 Å². The summed E-state index contributed by atoms with van der Waals surface area (Å²) in [4.78, 5) is 40.1. The summed E-state index contributed by atoms with van der Waals surface area (Å²) in [5.74, 6) is -3.52. The standard InChI is InChI=1S/C33H44O11/c1-7-15(2)27(39)43-28-30(5)20-11-21(36)31(6)24(32(20,14-41-28)26(38)23(25(30)37)42-16(3)34)19(35)12-29(4)18(17-8-9-40-13-17)10-22-33(29,31)44-22/h8-9,13,15,18,20-26,28,36-38H,7,10-12,14H2,1-6H3/t15?,18-,20-,21+,22+,23-,24-,25+,26-,28?,29-,30+,31+,32-,33+/m0/s1. The highest BCUT2D eigenvalue weighted by molar-refractivity contribution is 5.87. The smallest absolute Gasteiger partial charge is 0.310 e. The summed E-state index contributed by atoms with van der Waals surface area (Å²) in [6.07, 6.45) is -2.24. The van der Waals surface area contributed by atoms with E-state index in [2.05, 4.69) is 6.92 Å². The Morgan fingerprint density at radius 3 is 2.48 bits per heavy atom. The van der Waals surface area contributed by atoms with Crippen LogP contribution >= 0.6 is 0 Å². The summed E-state index contributed by atoms with van der Waals surface area (Å²) in [5.41, 5.74) is -4.50. The van der Waals surface area contributed by atoms with Gasteiger partial charge in [0.05, 0.1) is 42.7 Å². The van der Waals surface area contributed by atoms with Crippen LogP contribution in [0.25, 0.3) is 0 Å². The lowest BCUT2D eigenvalue weighted by Gasteiger charge is -2.73. The predicted molar refractivity (Wildman–Crippen MR) is 151 cm³/mol. The first kappa shape index (κ1) is 30.3. The van der Waals surface area contributed by atoms with Crippen molar-refractivity contribution in [3.8, 4) is 0 Å². The number of carbonyl (C=O) groups excluding carboxylic acids is 3. The first-order chi connectivity index (χ1) is 20.7. The van der Waals surface area contributed by atoms with Gasteiger partial charge < -0.3 is 38.7 Å². The highest BCUT2D eigenvalue weighted by atomic mass is 16.7. The zero-order valence-electron chi connectivity index (χ0n) is 26.1. The van der Waals surface area contributed by atoms with E-state index in [0.717, 1.165) is 5.56 Å². The lowest BCUT2D eigenvalue weighted by Crippen LogP contribution is -2.83. The van der Waals surface area contributed by atoms with Gasteiger partial charge >= 0.3 is 11.9 Å². The van der Waals surface area contributed by atoms with Crippen LogP contribution in [0.2, 0.25) is 0 Å². The van der Waals surface area contributed by atoms with Gasteiger partial charge in [-0.15, -0.1) is 0 Å². The van der Waals surface area contributed by atoms with Gasteiger partial charge in [-0.1, -0.05) is 34.6 Å². The molecule has 7 rings (SSSR count). The maximum absolute atomic E-state index is 14.8. The molecule has 6 aliphatic rings. The number of fused-ring (bicyclic) bond motifs is 1. The van der Waals surface area contributed by atoms with Crippen molar-refractivity contribution >= 4 is 17.7 Å². The molecule has 11 heteroatoms. The molecule has 0 aromatic carbocycles. The van der Waals surface area contributed by atoms with Crippen LogP contribution in [-0.4, -0.2) is 82.1 Å². The number of rotatable bonds is 5. The van der Waals surface area contributed by atoms with Crippen molar-refractivity contribution < 1.29 is 53.1 Å². The summed E-state index contributed by atoms with van der Waals surface area (Å²) in [5, 5.41) is 36.4. The van der Waals surface area contributed by atoms with Crippen LogP contribution in [0, 0.1) is 39.4 Å². The molecule has 1 aromatic rings. The third kappa shape index (κ3) is 3.27. The van der Waals surface area contributed by atoms with Gasteiger partial charge in [0.1, 0.15) is 23.6 Å². The zero-order chi connectivity index (χ0) is 31.8. The van der Waals surface area contributed by atoms with Gasteiger partial charge in [0.25, 0.3) is 0 Å². The molecule has 15 atom stereocenters. The van der Waals surface area contributed by atoms with Gasteiger partial charge in [-0.2, -0.15) is 0 Å². The quantitative estimate of drug-likeness (QED) is 0.329. The van der Waals surface area contributed by atoms with Crippen molar-refractivity contribution in [3.63, 3.8) is 0 Å². The van der Waals surface area contributed by atoms with Crippen LogP contribution < -0.4 is 0 Å². The molecule has 2 bridgehead atoms. The minimum Gasteiger partial charge on any atom is -0.472 e. The molecule has 2 saturated heterocycles. The molecule has 2 unspecified atom stereocenters. The fraction of sp³-hybridized carbons (Fsp3) is 0.788. The highest BCUT2D eigenvalue weighted by Gasteiger charge is 2.90. The Balaban J connectivity index is 1.37. The number of esters is 2. The largest absolute Gasteiger partial charge is 0.472 e. The number of hydrogen-bond acceptors (Lipinski definition) is 11. The number of furan rings is 1. The minimum absolute atomic E-state index is 0.0340. The molecule has 4 saturated carbocycles. The van der Waals surface area contributed by atoms with Gasteiger partial charge in [-0.05, 0) is 42.7 Å². The van der Waals surface area contributed by atoms with Gasteiger partial charge in [0.2, 0.25) is 6.29 Å². The molecule has 242 valence electrons. The summed E-state index contributed by atoms with van der Waals surface area (Å²) in [6.45, 7) is 10.2. The molecule has 1 spiro atoms. The van der Waals surface area contributed by atoms with Crippen LogP contribution in [-0.2, 0) is 33.3 Å². The number of Topliss-reactive ketones (excluding diaryl/α,β-unsaturated/α-hetero) is 1. The van der Waals surface area contributed by atoms with E-state index in [-0.39, 0.29) is 37.3 Å². The molecule has 44 heavy (non-hydrogen) atoms. The zero-order valence-corrected chi connectivity index (χ0v) is 26.1. The van der Waals surface area contributed by atoms with Crippen molar-refractivity contribution in [1.82, 2.24) is 0 Å². The van der Waals surface area contributed by atoms with Crippen molar-refractivity contribution in [3.05, 3.63) is 24.2 Å². The fourth-order valence-electron chi connectivity index (χ4n) is 11.3. The number of hydrogen-bond donors (Lipinski definition) is 3. The van der Waals surface area contributed by atoms with E-state index in [1.807, 2.05) is 19.9 Å². The molecular weight excluding hydrogens is 572 g/mol. The van der Waals surface area contributed by atoms with E-state index in [1.165, 1.54) is 6.92 Å². The molecule has 3 heterocycles. The topological polar surface area (TPSA) is 165 Å². The van der Waals surface area contributed by atoms with Gasteiger partial charge in [-0.3, -0.25) is 14.4 Å². The van der Waals surface area contributed by atoms with Crippen LogP contribution in [0.4, 0.5) is 0 Å². The molecule has 0 radical (unpaired) electrons. The summed E-state index contributed by atoms with van der Waals surface area (Å²) in [6, 6.07) is 1.91. The lowest BCUT2D eigenvalue weighted by molar-refractivity contribution is -0.389. The molecule has 4 aliphatic carbocycles. The fourth-order valence-corrected chi connectivity index (χ4v) is 11.3. The summed E-state index contributed by atoms with van der Waals surface area (Å²) >= 11 is 0. The first-order valence-corrected chi connectivity index (χ1v) is 15.9. The number of aliphatic hydroxyl groups excluding tert-OH is 3. The second-order valence-corrected chi connectivity index (χ2v) is 15.1. The third-order valence-corrected chi connectivity index (χ3v) is 13.4. The first-order valence-electron chi connectivity index (χ1n) is 15.9. The minimum atomic E-state index is -1.52. The van der Waals surface area contributed by atoms with Gasteiger partial charge in [0.15, 0.2) is 6.10 Å². The molecule has 6 fully saturated rings. The van der Waals surface area contributed by atoms with Crippen molar-refractivity contribution in [2.45, 2.75) is 116 Å². The molecule has 2 aliphatic heterocycles. The Morgan fingerprint density at radius 2 is 1.84 bits per heavy atom. The Labute approximate surface area is 256 Å². The number of aliphatic hydroxyl groups is 3. The predicted octanol–water partition coefficient (Wildman–Crippen LogP) is 2.49. The monoisotopic (exact) mass is 616 g/mol. The summed E-state index contributed by atoms with van der Waals surface area (Å²) < 4.78 is 29.8. The van der Waals surface area contributed by atoms with Crippen LogP contribution in [0.3, 0.4) is 0 Å². The summed E-state index contributed by atoms with van der Waals surface area (Å²) in [7, 11) is 0. The Hall–Kier alpha value is -2.31. The maximum Gasteiger partial charge on any atom is 0.310 e. The average molecular weight is 617 g/mol. The molecule has 1 aromatic heterocycles. The number of ether oxygens (including phenoxy) is 4. The van der Waals surface area contributed by atoms with Crippen LogP contribution in [0.15, 0.2) is 23.0 Å². The maximum atomic E-state index is 14.8. The van der Waals surface area contributed by atoms with E-state index < -0.39 is 87.7 Å². The van der Waals surface area contributed by atoms with E-state index in [1.54, 1.807) is 26.4 Å². The van der Waals surface area contributed by atoms with Crippen molar-refractivity contribution in [2.75, 3.05) is 6.61 Å². The second-order valence-electron chi connectivity index (χ2n) is 15.1. The van der Waals surface area contributed by atoms with E-state index in [0.29, 0.717) is 12.8 Å². The SMILES string of the molecule is CCC(C)C(=O)OC1OC[C@@]23[C@H]4C(=O)C[C@@]5(C)[C@H](c6ccoc6)C[C@H]6O[C@]65[C@]4(C)[C@H](O)C[C@H]2[C@]1(C)[C@H](O)[C@H](OC(C)=O)[C@@H]3O. The van der Waals surface area contributed by atoms with Crippen molar-refractivity contribution in [2.24, 2.45) is 39.4 Å². The second kappa shape index (κ2) is 9.37. The Bertz CT molecular complexity index is 1380. The Kier molecular flexibility index (Phi) is 6.47. The Morgan fingerprint density at radius 1 is 1.11 bits per heavy atom. The van der Waals surface area contributed by atoms with Crippen molar-refractivity contribution in [1.29, 1.82) is 0 Å². The van der Waals surface area contributed by atoms with Crippen LogP contribution in [0.1, 0.15) is 78.7 Å². The normalized spacial score (nSPS) is 52.6. The number of ketones is 1. The highest BCUT2D eigenvalue weighted by Crippen LogP contribution is 2.82.